The number of rotatable bonds is 11. The topological polar surface area (TPSA) is 87.8 Å². The fraction of sp³-hybridized carbons (Fsp3) is 0.178. The third-order valence-electron chi connectivity index (χ3n) is 8.71. The Morgan fingerprint density at radius 1 is 0.582 bits per heavy atom. The van der Waals surface area contributed by atoms with Gasteiger partial charge in [-0.25, -0.2) is 15.0 Å². The number of aromatic nitrogens is 6. The van der Waals surface area contributed by atoms with Gasteiger partial charge in [0.15, 0.2) is 0 Å². The number of fused-ring (bicyclic) bond motifs is 3. The van der Waals surface area contributed by atoms with Crippen LogP contribution >= 0.6 is 0 Å². The van der Waals surface area contributed by atoms with Crippen molar-refractivity contribution in [1.29, 1.82) is 0 Å². The van der Waals surface area contributed by atoms with Gasteiger partial charge in [0.05, 0.1) is 0 Å². The minimum absolute atomic E-state index is 0. The van der Waals surface area contributed by atoms with Crippen molar-refractivity contribution in [2.75, 3.05) is 0 Å². The molecule has 0 saturated heterocycles. The summed E-state index contributed by atoms with van der Waals surface area (Å²) in [5, 5.41) is 1.98. The Labute approximate surface area is 349 Å². The summed E-state index contributed by atoms with van der Waals surface area (Å²) in [6.07, 6.45) is 8.10. The van der Waals surface area contributed by atoms with E-state index in [-0.39, 0.29) is 41.5 Å². The van der Waals surface area contributed by atoms with Crippen molar-refractivity contribution in [2.24, 2.45) is 11.8 Å². The van der Waals surface area contributed by atoms with Gasteiger partial charge >= 0.3 is 41.5 Å². The molecule has 10 heteroatoms. The van der Waals surface area contributed by atoms with E-state index < -0.39 is 0 Å². The van der Waals surface area contributed by atoms with Crippen LogP contribution in [0.3, 0.4) is 0 Å². The number of hydrogen-bond donors (Lipinski definition) is 0. The molecule has 0 N–H and O–H groups in total. The van der Waals surface area contributed by atoms with Gasteiger partial charge in [-0.05, 0) is 23.5 Å². The maximum absolute atomic E-state index is 6.64. The quantitative estimate of drug-likeness (QED) is 0.0942. The summed E-state index contributed by atoms with van der Waals surface area (Å²) in [6, 6.07) is 41.8. The van der Waals surface area contributed by atoms with Gasteiger partial charge in [0.25, 0.3) is 0 Å². The van der Waals surface area contributed by atoms with E-state index >= 15 is 0 Å². The molecule has 8 rings (SSSR count). The number of pyridine rings is 2. The van der Waals surface area contributed by atoms with Crippen LogP contribution in [-0.2, 0) is 54.3 Å². The maximum Gasteiger partial charge on any atom is 2.00 e. The van der Waals surface area contributed by atoms with E-state index in [9.17, 15) is 0 Å². The summed E-state index contributed by atoms with van der Waals surface area (Å²) in [7, 11) is 0. The molecule has 4 aromatic carbocycles. The maximum atomic E-state index is 6.64. The van der Waals surface area contributed by atoms with Crippen LogP contribution in [0.25, 0.3) is 50.3 Å². The van der Waals surface area contributed by atoms with E-state index in [4.69, 9.17) is 9.47 Å². The van der Waals surface area contributed by atoms with Crippen LogP contribution in [-0.4, -0.2) is 29.5 Å². The molecule has 278 valence electrons. The van der Waals surface area contributed by atoms with E-state index in [1.54, 1.807) is 12.4 Å². The smallest absolute Gasteiger partial charge is 0.503 e. The van der Waals surface area contributed by atoms with Crippen LogP contribution < -0.4 is 9.47 Å². The molecule has 0 saturated carbocycles. The Hall–Kier alpha value is -5.06. The summed E-state index contributed by atoms with van der Waals surface area (Å²) >= 11 is 0. The van der Waals surface area contributed by atoms with E-state index in [1.165, 1.54) is 12.7 Å². The predicted molar refractivity (Wildman–Crippen MR) is 206 cm³/mol. The van der Waals surface area contributed by atoms with E-state index in [2.05, 4.69) is 89.0 Å². The number of benzene rings is 4. The van der Waals surface area contributed by atoms with Crippen molar-refractivity contribution in [1.82, 2.24) is 29.5 Å². The second-order valence-electron chi connectivity index (χ2n) is 13.7. The van der Waals surface area contributed by atoms with Crippen molar-refractivity contribution in [3.8, 4) is 51.5 Å². The molecule has 4 aromatic heterocycles. The van der Waals surface area contributed by atoms with E-state index in [1.807, 2.05) is 77.4 Å². The number of nitrogens with zero attached hydrogens (tertiary/aromatic N) is 6. The minimum Gasteiger partial charge on any atom is -0.503 e. The first-order valence-corrected chi connectivity index (χ1v) is 17.7. The Kier molecular flexibility index (Phi) is 12.7. The molecule has 0 radical (unpaired) electrons. The largest absolute Gasteiger partial charge is 2.00 e. The fourth-order valence-electron chi connectivity index (χ4n) is 6.49. The first-order valence-electron chi connectivity index (χ1n) is 17.7. The van der Waals surface area contributed by atoms with Gasteiger partial charge < -0.3 is 24.0 Å². The molecule has 0 atom stereocenters. The standard InChI is InChI=1S/C45H36N6O2.Pd.Pt/c1-29(2)19-33-23-37-38-24-34(20-30(3)4)44(53-36-14-10-12-32(22-36)40-16-6-8-18-48-40)26-42(38)51(45-49-27-46-28-50-45)41(37)25-43(33)52-35-13-9-11-31(21-35)39-15-5-7-17-47-39;;/h5-18,23-24,27-30H,19-20H2,1-4H3;;/q-4;2*+2. The number of hydrogen-bond acceptors (Lipinski definition) is 7. The molecule has 8 nitrogen and oxygen atoms in total. The molecule has 0 fully saturated rings. The molecule has 4 heterocycles. The Balaban J connectivity index is 0.00000257. The van der Waals surface area contributed by atoms with Gasteiger partial charge in [-0.1, -0.05) is 99.8 Å². The van der Waals surface area contributed by atoms with Gasteiger partial charge in [0.1, 0.15) is 12.7 Å². The molecule has 0 aliphatic heterocycles. The first kappa shape index (κ1) is 39.6. The van der Waals surface area contributed by atoms with Crippen LogP contribution in [0, 0.1) is 36.1 Å². The molecule has 8 aromatic rings. The van der Waals surface area contributed by atoms with Crippen molar-refractivity contribution in [2.45, 2.75) is 40.5 Å². The first-order chi connectivity index (χ1) is 25.9. The SMILES string of the molecule is CC(C)Cc1cc2c3cc(CC(C)C)c(Oc4[c-]c(-c5ccccn5)ccc4)[c-]c3n(-c3ncncn3)c2[c-]c1Oc1[c-]c(-c2ccccn2)ccc1.[Pd+2].[Pt+2]. The van der Waals surface area contributed by atoms with Gasteiger partial charge in [0, 0.05) is 35.4 Å². The molecule has 0 amide bonds. The molecule has 0 aliphatic rings. The molecular formula is C45H36N6O2PdPt. The number of ether oxygens (including phenoxy) is 2. The molecule has 0 bridgehead atoms. The molecule has 0 aliphatic carbocycles. The average molecular weight is 994 g/mol. The van der Waals surface area contributed by atoms with Crippen molar-refractivity contribution in [3.63, 3.8) is 0 Å². The Bertz CT molecular complexity index is 2370. The van der Waals surface area contributed by atoms with Gasteiger partial charge in [-0.15, -0.1) is 70.8 Å². The van der Waals surface area contributed by atoms with E-state index in [0.717, 1.165) is 68.3 Å². The molecule has 55 heavy (non-hydrogen) atoms. The second kappa shape index (κ2) is 17.6. The summed E-state index contributed by atoms with van der Waals surface area (Å²) in [4.78, 5) is 22.3. The Morgan fingerprint density at radius 3 is 1.47 bits per heavy atom. The zero-order valence-corrected chi connectivity index (χ0v) is 34.4. The summed E-state index contributed by atoms with van der Waals surface area (Å²) in [5.74, 6) is 3.53. The van der Waals surface area contributed by atoms with Gasteiger partial charge in [-0.3, -0.25) is 0 Å². The van der Waals surface area contributed by atoms with Crippen molar-refractivity contribution < 1.29 is 51.0 Å². The second-order valence-corrected chi connectivity index (χ2v) is 13.7. The summed E-state index contributed by atoms with van der Waals surface area (Å²) in [6.45, 7) is 8.81. The van der Waals surface area contributed by atoms with Gasteiger partial charge in [0.2, 0.25) is 5.95 Å². The van der Waals surface area contributed by atoms with Crippen LogP contribution in [0.15, 0.2) is 110 Å². The third-order valence-corrected chi connectivity index (χ3v) is 8.71. The summed E-state index contributed by atoms with van der Waals surface area (Å²) in [5.41, 5.74) is 6.90. The van der Waals surface area contributed by atoms with Crippen LogP contribution in [0.1, 0.15) is 38.8 Å². The van der Waals surface area contributed by atoms with Crippen LogP contribution in [0.2, 0.25) is 0 Å². The minimum atomic E-state index is 0. The monoisotopic (exact) mass is 993 g/mol. The van der Waals surface area contributed by atoms with Crippen LogP contribution in [0.5, 0.6) is 23.0 Å². The molecule has 0 unspecified atom stereocenters. The zero-order chi connectivity index (χ0) is 36.3. The van der Waals surface area contributed by atoms with Crippen molar-refractivity contribution >= 4 is 21.8 Å². The van der Waals surface area contributed by atoms with Crippen molar-refractivity contribution in [3.05, 3.63) is 145 Å². The van der Waals surface area contributed by atoms with Gasteiger partial charge in [-0.2, -0.15) is 22.9 Å². The zero-order valence-electron chi connectivity index (χ0n) is 30.6. The molecule has 0 spiro atoms. The Morgan fingerprint density at radius 2 is 1.05 bits per heavy atom. The summed E-state index contributed by atoms with van der Waals surface area (Å²) < 4.78 is 15.2. The normalized spacial score (nSPS) is 11.1. The fourth-order valence-corrected chi connectivity index (χ4v) is 6.49. The molecular weight excluding hydrogens is 958 g/mol. The van der Waals surface area contributed by atoms with Crippen LogP contribution in [0.4, 0.5) is 0 Å². The van der Waals surface area contributed by atoms with E-state index in [0.29, 0.717) is 40.8 Å². The third kappa shape index (κ3) is 8.76. The average Bonchev–Trinajstić information content (AvgIpc) is 3.47. The predicted octanol–water partition coefficient (Wildman–Crippen LogP) is 10.3.